The molecule has 1 heterocycles. The molecule has 2 aromatic rings. The lowest BCUT2D eigenvalue weighted by atomic mass is 10.1. The smallest absolute Gasteiger partial charge is 0.255 e. The molecule has 1 fully saturated rings. The summed E-state index contributed by atoms with van der Waals surface area (Å²) in [5.41, 5.74) is 1.05. The van der Waals surface area contributed by atoms with E-state index in [0.29, 0.717) is 22.8 Å². The molecule has 160 valence electrons. The Balaban J connectivity index is 2.00. The van der Waals surface area contributed by atoms with Gasteiger partial charge in [0.1, 0.15) is 11.4 Å². The molecule has 1 saturated heterocycles. The molecule has 2 amide bonds. The van der Waals surface area contributed by atoms with Gasteiger partial charge in [0.05, 0.1) is 14.2 Å². The van der Waals surface area contributed by atoms with Crippen molar-refractivity contribution in [3.63, 3.8) is 0 Å². The fourth-order valence-corrected chi connectivity index (χ4v) is 4.82. The van der Waals surface area contributed by atoms with Crippen LogP contribution < -0.4 is 14.8 Å². The molecule has 0 bridgehead atoms. The van der Waals surface area contributed by atoms with Gasteiger partial charge in [-0.15, -0.1) is 11.8 Å². The van der Waals surface area contributed by atoms with Crippen LogP contribution in [0, 0.1) is 0 Å². The summed E-state index contributed by atoms with van der Waals surface area (Å²) in [4.78, 5) is 28.2. The highest BCUT2D eigenvalue weighted by Gasteiger charge is 2.43. The van der Waals surface area contributed by atoms with Crippen LogP contribution in [-0.4, -0.2) is 48.3 Å². The van der Waals surface area contributed by atoms with Gasteiger partial charge >= 0.3 is 0 Å². The Bertz CT molecular complexity index is 911. The van der Waals surface area contributed by atoms with Crippen LogP contribution in [0.5, 0.6) is 11.5 Å². The van der Waals surface area contributed by atoms with Crippen LogP contribution in [0.2, 0.25) is 0 Å². The monoisotopic (exact) mass is 428 g/mol. The SMILES string of the molecule is COc1ccc(C2SCC(C(=O)NC(C)(C)C)N2C(=O)c2ccccc2)cc1OC. The van der Waals surface area contributed by atoms with Crippen molar-refractivity contribution in [2.24, 2.45) is 0 Å². The van der Waals surface area contributed by atoms with Gasteiger partial charge in [0.15, 0.2) is 11.5 Å². The second kappa shape index (κ2) is 9.00. The first kappa shape index (κ1) is 22.0. The fraction of sp³-hybridized carbons (Fsp3) is 0.391. The number of amides is 2. The molecule has 0 radical (unpaired) electrons. The normalized spacial score (nSPS) is 18.8. The molecular weight excluding hydrogens is 400 g/mol. The van der Waals surface area contributed by atoms with Crippen molar-refractivity contribution in [3.8, 4) is 11.5 Å². The third-order valence-corrected chi connectivity index (χ3v) is 6.07. The lowest BCUT2D eigenvalue weighted by Crippen LogP contribution is -2.52. The van der Waals surface area contributed by atoms with E-state index in [1.807, 2.05) is 57.2 Å². The first-order chi connectivity index (χ1) is 14.2. The summed E-state index contributed by atoms with van der Waals surface area (Å²) in [5.74, 6) is 1.40. The highest BCUT2D eigenvalue weighted by molar-refractivity contribution is 7.99. The van der Waals surface area contributed by atoms with E-state index >= 15 is 0 Å². The van der Waals surface area contributed by atoms with Crippen molar-refractivity contribution < 1.29 is 19.1 Å². The Kier molecular flexibility index (Phi) is 6.61. The summed E-state index contributed by atoms with van der Waals surface area (Å²) < 4.78 is 10.8. The molecule has 0 aromatic heterocycles. The number of thioether (sulfide) groups is 1. The zero-order valence-corrected chi connectivity index (χ0v) is 18.8. The third kappa shape index (κ3) is 4.73. The maximum Gasteiger partial charge on any atom is 0.255 e. The van der Waals surface area contributed by atoms with Crippen LogP contribution >= 0.6 is 11.8 Å². The molecule has 1 aliphatic rings. The van der Waals surface area contributed by atoms with E-state index in [4.69, 9.17) is 9.47 Å². The first-order valence-electron chi connectivity index (χ1n) is 9.78. The van der Waals surface area contributed by atoms with Gasteiger partial charge in [-0.25, -0.2) is 0 Å². The van der Waals surface area contributed by atoms with Crippen LogP contribution in [-0.2, 0) is 4.79 Å². The van der Waals surface area contributed by atoms with Crippen molar-refractivity contribution in [2.75, 3.05) is 20.0 Å². The quantitative estimate of drug-likeness (QED) is 0.783. The number of nitrogens with zero attached hydrogens (tertiary/aromatic N) is 1. The Labute approximate surface area is 181 Å². The predicted molar refractivity (Wildman–Crippen MR) is 119 cm³/mol. The molecule has 30 heavy (non-hydrogen) atoms. The molecule has 3 rings (SSSR count). The number of hydrogen-bond donors (Lipinski definition) is 1. The van der Waals surface area contributed by atoms with E-state index < -0.39 is 6.04 Å². The summed E-state index contributed by atoms with van der Waals surface area (Å²) in [6.07, 6.45) is 0. The molecule has 1 N–H and O–H groups in total. The Morgan fingerprint density at radius 2 is 1.70 bits per heavy atom. The lowest BCUT2D eigenvalue weighted by Gasteiger charge is -2.31. The van der Waals surface area contributed by atoms with E-state index in [-0.39, 0.29) is 22.7 Å². The second-order valence-electron chi connectivity index (χ2n) is 8.13. The zero-order chi connectivity index (χ0) is 21.9. The minimum Gasteiger partial charge on any atom is -0.493 e. The molecule has 0 aliphatic carbocycles. The molecular formula is C23H28N2O4S. The number of carbonyl (C=O) groups is 2. The minimum atomic E-state index is -0.569. The molecule has 0 saturated carbocycles. The van der Waals surface area contributed by atoms with Crippen LogP contribution in [0.4, 0.5) is 0 Å². The van der Waals surface area contributed by atoms with E-state index in [0.717, 1.165) is 5.56 Å². The molecule has 1 aliphatic heterocycles. The maximum atomic E-state index is 13.5. The van der Waals surface area contributed by atoms with E-state index in [2.05, 4.69) is 5.32 Å². The number of benzene rings is 2. The second-order valence-corrected chi connectivity index (χ2v) is 9.25. The molecule has 0 spiro atoms. The van der Waals surface area contributed by atoms with Gasteiger partial charge in [0, 0.05) is 16.9 Å². The van der Waals surface area contributed by atoms with Crippen LogP contribution in [0.15, 0.2) is 48.5 Å². The van der Waals surface area contributed by atoms with Crippen LogP contribution in [0.25, 0.3) is 0 Å². The van der Waals surface area contributed by atoms with Crippen molar-refractivity contribution in [2.45, 2.75) is 37.7 Å². The average Bonchev–Trinajstić information content (AvgIpc) is 3.17. The van der Waals surface area contributed by atoms with Gasteiger partial charge in [0.2, 0.25) is 5.91 Å². The number of carbonyl (C=O) groups excluding carboxylic acids is 2. The first-order valence-corrected chi connectivity index (χ1v) is 10.8. The number of ether oxygens (including phenoxy) is 2. The van der Waals surface area contributed by atoms with Gasteiger partial charge < -0.3 is 19.7 Å². The van der Waals surface area contributed by atoms with Crippen molar-refractivity contribution in [3.05, 3.63) is 59.7 Å². The van der Waals surface area contributed by atoms with Gasteiger partial charge in [0.25, 0.3) is 5.91 Å². The summed E-state index contributed by atoms with van der Waals surface area (Å²) in [5, 5.41) is 2.71. The molecule has 2 unspecified atom stereocenters. The highest BCUT2D eigenvalue weighted by Crippen LogP contribution is 2.44. The van der Waals surface area contributed by atoms with Gasteiger partial charge in [-0.3, -0.25) is 9.59 Å². The van der Waals surface area contributed by atoms with E-state index in [9.17, 15) is 9.59 Å². The topological polar surface area (TPSA) is 67.9 Å². The lowest BCUT2D eigenvalue weighted by molar-refractivity contribution is -0.126. The Hall–Kier alpha value is -2.67. The highest BCUT2D eigenvalue weighted by atomic mass is 32.2. The molecule has 7 heteroatoms. The van der Waals surface area contributed by atoms with Gasteiger partial charge in [-0.2, -0.15) is 0 Å². The number of methoxy groups -OCH3 is 2. The van der Waals surface area contributed by atoms with E-state index in [1.54, 1.807) is 43.0 Å². The average molecular weight is 429 g/mol. The summed E-state index contributed by atoms with van der Waals surface area (Å²) >= 11 is 1.57. The molecule has 2 atom stereocenters. The Morgan fingerprint density at radius 3 is 2.30 bits per heavy atom. The molecule has 2 aromatic carbocycles. The van der Waals surface area contributed by atoms with Crippen molar-refractivity contribution in [1.82, 2.24) is 10.2 Å². The summed E-state index contributed by atoms with van der Waals surface area (Å²) in [7, 11) is 3.16. The van der Waals surface area contributed by atoms with Gasteiger partial charge in [-0.1, -0.05) is 24.3 Å². The van der Waals surface area contributed by atoms with Crippen LogP contribution in [0.1, 0.15) is 42.1 Å². The minimum absolute atomic E-state index is 0.151. The third-order valence-electron chi connectivity index (χ3n) is 4.75. The number of nitrogens with one attached hydrogen (secondary N) is 1. The number of rotatable bonds is 5. The predicted octanol–water partition coefficient (Wildman–Crippen LogP) is 3.87. The van der Waals surface area contributed by atoms with Gasteiger partial charge in [-0.05, 0) is 50.6 Å². The molecule has 6 nitrogen and oxygen atoms in total. The fourth-order valence-electron chi connectivity index (χ4n) is 3.40. The Morgan fingerprint density at radius 1 is 1.03 bits per heavy atom. The van der Waals surface area contributed by atoms with E-state index in [1.165, 1.54) is 0 Å². The largest absolute Gasteiger partial charge is 0.493 e. The standard InChI is InChI=1S/C23H28N2O4S/c1-23(2,3)24-20(26)17-14-30-22(16-11-12-18(28-4)19(13-16)29-5)25(17)21(27)15-9-7-6-8-10-15/h6-13,17,22H,14H2,1-5H3,(H,24,26). The summed E-state index contributed by atoms with van der Waals surface area (Å²) in [6.45, 7) is 5.80. The zero-order valence-electron chi connectivity index (χ0n) is 18.0. The van der Waals surface area contributed by atoms with Crippen molar-refractivity contribution in [1.29, 1.82) is 0 Å². The number of hydrogen-bond acceptors (Lipinski definition) is 5. The summed E-state index contributed by atoms with van der Waals surface area (Å²) in [6, 6.07) is 14.1. The maximum absolute atomic E-state index is 13.5. The van der Waals surface area contributed by atoms with Crippen LogP contribution in [0.3, 0.4) is 0 Å². The van der Waals surface area contributed by atoms with Crippen molar-refractivity contribution >= 4 is 23.6 Å².